The van der Waals surface area contributed by atoms with E-state index >= 15 is 0 Å². The third-order valence-corrected chi connectivity index (χ3v) is 8.66. The smallest absolute Gasteiger partial charge is 0.261 e. The van der Waals surface area contributed by atoms with Crippen molar-refractivity contribution >= 4 is 72.9 Å². The van der Waals surface area contributed by atoms with Gasteiger partial charge in [0.15, 0.2) is 5.13 Å². The summed E-state index contributed by atoms with van der Waals surface area (Å²) >= 11 is 19.5. The monoisotopic (exact) mass is 563 g/mol. The second-order valence-corrected chi connectivity index (χ2v) is 11.6. The standard InChI is InChI=1S/C24H16Cl3N3O3S2/c25-15-7-5-14(6-8-15)22-21(27)23(31)30(22)24-28-20(13-34-24)18-3-1-2-4-19(18)29-35(32,33)17-11-9-16(26)10-12-17/h1-13,21-22,29H. The number of sulfonamides is 1. The van der Waals surface area contributed by atoms with Crippen molar-refractivity contribution in [1.29, 1.82) is 0 Å². The summed E-state index contributed by atoms with van der Waals surface area (Å²) in [6, 6.07) is 19.6. The van der Waals surface area contributed by atoms with Gasteiger partial charge in [-0.1, -0.05) is 53.5 Å². The summed E-state index contributed by atoms with van der Waals surface area (Å²) in [4.78, 5) is 18.9. The summed E-state index contributed by atoms with van der Waals surface area (Å²) < 4.78 is 28.5. The molecule has 2 heterocycles. The highest BCUT2D eigenvalue weighted by atomic mass is 35.5. The third-order valence-electron chi connectivity index (χ3n) is 5.51. The van der Waals surface area contributed by atoms with Gasteiger partial charge in [-0.15, -0.1) is 22.9 Å². The quantitative estimate of drug-likeness (QED) is 0.211. The van der Waals surface area contributed by atoms with E-state index < -0.39 is 15.4 Å². The Morgan fingerprint density at radius 1 is 0.914 bits per heavy atom. The SMILES string of the molecule is O=C1C(Cl)C(c2ccc(Cl)cc2)N1c1nc(-c2ccccc2NS(=O)(=O)c2ccc(Cl)cc2)cs1. The number of halogens is 3. The van der Waals surface area contributed by atoms with Crippen molar-refractivity contribution in [3.63, 3.8) is 0 Å². The van der Waals surface area contributed by atoms with Crippen LogP contribution < -0.4 is 9.62 Å². The number of para-hydroxylation sites is 1. The van der Waals surface area contributed by atoms with Gasteiger partial charge in [0.25, 0.3) is 10.0 Å². The maximum Gasteiger partial charge on any atom is 0.261 e. The van der Waals surface area contributed by atoms with E-state index in [1.807, 2.05) is 12.1 Å². The summed E-state index contributed by atoms with van der Waals surface area (Å²) in [7, 11) is -3.85. The average Bonchev–Trinajstić information content (AvgIpc) is 3.32. The van der Waals surface area contributed by atoms with E-state index in [1.54, 1.807) is 46.7 Å². The highest BCUT2D eigenvalue weighted by molar-refractivity contribution is 7.92. The van der Waals surface area contributed by atoms with Gasteiger partial charge in [0, 0.05) is 21.0 Å². The Hall–Kier alpha value is -2.62. The number of rotatable bonds is 6. The number of alkyl halides is 1. The van der Waals surface area contributed by atoms with Gasteiger partial charge in [0.2, 0.25) is 5.91 Å². The molecule has 0 spiro atoms. The lowest BCUT2D eigenvalue weighted by molar-refractivity contribution is -0.123. The number of aromatic nitrogens is 1. The Labute approximate surface area is 221 Å². The lowest BCUT2D eigenvalue weighted by Gasteiger charge is -2.42. The van der Waals surface area contributed by atoms with Gasteiger partial charge in [-0.05, 0) is 48.0 Å². The molecule has 1 amide bonds. The minimum Gasteiger partial charge on any atom is -0.279 e. The predicted octanol–water partition coefficient (Wildman–Crippen LogP) is 6.61. The zero-order valence-electron chi connectivity index (χ0n) is 17.7. The molecule has 0 bridgehead atoms. The molecule has 11 heteroatoms. The molecule has 2 unspecified atom stereocenters. The number of hydrogen-bond acceptors (Lipinski definition) is 5. The van der Waals surface area contributed by atoms with Crippen LogP contribution in [0.1, 0.15) is 11.6 Å². The molecule has 35 heavy (non-hydrogen) atoms. The molecule has 2 atom stereocenters. The van der Waals surface area contributed by atoms with Crippen molar-refractivity contribution in [1.82, 2.24) is 4.98 Å². The first-order valence-electron chi connectivity index (χ1n) is 10.3. The molecule has 178 valence electrons. The van der Waals surface area contributed by atoms with E-state index in [4.69, 9.17) is 34.8 Å². The van der Waals surface area contributed by atoms with Crippen LogP contribution in [0.4, 0.5) is 10.8 Å². The third kappa shape index (κ3) is 4.64. The van der Waals surface area contributed by atoms with Crippen molar-refractivity contribution in [3.8, 4) is 11.3 Å². The molecule has 4 aromatic rings. The number of nitrogens with one attached hydrogen (secondary N) is 1. The molecule has 5 rings (SSSR count). The molecular formula is C24H16Cl3N3O3S2. The van der Waals surface area contributed by atoms with Crippen LogP contribution in [0.2, 0.25) is 10.0 Å². The van der Waals surface area contributed by atoms with Gasteiger partial charge in [-0.2, -0.15) is 0 Å². The molecule has 3 aromatic carbocycles. The lowest BCUT2D eigenvalue weighted by Crippen LogP contribution is -2.56. The molecule has 0 saturated carbocycles. The van der Waals surface area contributed by atoms with E-state index in [1.165, 1.54) is 35.6 Å². The number of carbonyl (C=O) groups excluding carboxylic acids is 1. The molecule has 1 N–H and O–H groups in total. The van der Waals surface area contributed by atoms with Gasteiger partial charge in [-0.25, -0.2) is 13.4 Å². The molecule has 1 saturated heterocycles. The Morgan fingerprint density at radius 2 is 1.54 bits per heavy atom. The van der Waals surface area contributed by atoms with Crippen molar-refractivity contribution in [2.45, 2.75) is 16.3 Å². The summed E-state index contributed by atoms with van der Waals surface area (Å²) in [6.45, 7) is 0. The second kappa shape index (κ2) is 9.44. The largest absolute Gasteiger partial charge is 0.279 e. The van der Waals surface area contributed by atoms with Crippen LogP contribution in [0, 0.1) is 0 Å². The molecule has 1 aliphatic rings. The van der Waals surface area contributed by atoms with Gasteiger partial charge in [-0.3, -0.25) is 14.4 Å². The van der Waals surface area contributed by atoms with E-state index in [9.17, 15) is 13.2 Å². The van der Waals surface area contributed by atoms with E-state index in [2.05, 4.69) is 9.71 Å². The van der Waals surface area contributed by atoms with E-state index in [0.29, 0.717) is 32.1 Å². The molecule has 0 radical (unpaired) electrons. The maximum atomic E-state index is 12.9. The molecule has 0 aliphatic carbocycles. The number of hydrogen-bond donors (Lipinski definition) is 1. The summed E-state index contributed by atoms with van der Waals surface area (Å²) in [5.41, 5.74) is 2.31. The first-order valence-corrected chi connectivity index (χ1v) is 13.9. The molecule has 1 aliphatic heterocycles. The van der Waals surface area contributed by atoms with Crippen LogP contribution in [-0.2, 0) is 14.8 Å². The predicted molar refractivity (Wildman–Crippen MR) is 141 cm³/mol. The maximum absolute atomic E-state index is 12.9. The van der Waals surface area contributed by atoms with Crippen LogP contribution in [0.3, 0.4) is 0 Å². The number of amides is 1. The van der Waals surface area contributed by atoms with Crippen LogP contribution in [-0.4, -0.2) is 24.7 Å². The molecule has 1 fully saturated rings. The van der Waals surface area contributed by atoms with Crippen molar-refractivity contribution in [2.75, 3.05) is 9.62 Å². The number of thiazole rings is 1. The van der Waals surface area contributed by atoms with Crippen LogP contribution >= 0.6 is 46.1 Å². The number of benzene rings is 3. The molecular weight excluding hydrogens is 549 g/mol. The zero-order valence-corrected chi connectivity index (χ0v) is 21.6. The Kier molecular flexibility index (Phi) is 6.50. The van der Waals surface area contributed by atoms with Gasteiger partial charge >= 0.3 is 0 Å². The van der Waals surface area contributed by atoms with Gasteiger partial charge < -0.3 is 0 Å². The van der Waals surface area contributed by atoms with Crippen molar-refractivity contribution in [2.24, 2.45) is 0 Å². The normalized spacial score (nSPS) is 17.8. The summed E-state index contributed by atoms with van der Waals surface area (Å²) in [5, 5.41) is 2.57. The first-order chi connectivity index (χ1) is 16.7. The second-order valence-electron chi connectivity index (χ2n) is 7.73. The first kappa shape index (κ1) is 24.1. The van der Waals surface area contributed by atoms with Crippen LogP contribution in [0.5, 0.6) is 0 Å². The average molecular weight is 565 g/mol. The minimum absolute atomic E-state index is 0.0841. The van der Waals surface area contributed by atoms with Gasteiger partial charge in [0.1, 0.15) is 5.38 Å². The van der Waals surface area contributed by atoms with Crippen LogP contribution in [0.25, 0.3) is 11.3 Å². The zero-order chi connectivity index (χ0) is 24.7. The van der Waals surface area contributed by atoms with Crippen molar-refractivity contribution < 1.29 is 13.2 Å². The Balaban J connectivity index is 1.45. The van der Waals surface area contributed by atoms with E-state index in [-0.39, 0.29) is 16.8 Å². The number of anilines is 2. The summed E-state index contributed by atoms with van der Waals surface area (Å²) in [5.74, 6) is -0.246. The topological polar surface area (TPSA) is 79.4 Å². The Bertz CT molecular complexity index is 1510. The minimum atomic E-state index is -3.85. The van der Waals surface area contributed by atoms with Gasteiger partial charge in [0.05, 0.1) is 22.3 Å². The molecule has 1 aromatic heterocycles. The van der Waals surface area contributed by atoms with Crippen LogP contribution in [0.15, 0.2) is 83.1 Å². The lowest BCUT2D eigenvalue weighted by atomic mass is 9.94. The molecule has 6 nitrogen and oxygen atoms in total. The Morgan fingerprint density at radius 3 is 2.23 bits per heavy atom. The van der Waals surface area contributed by atoms with Crippen molar-refractivity contribution in [3.05, 3.63) is 93.8 Å². The summed E-state index contributed by atoms with van der Waals surface area (Å²) in [6.07, 6.45) is 0. The highest BCUT2D eigenvalue weighted by Crippen LogP contribution is 2.44. The fourth-order valence-corrected chi connectivity index (χ4v) is 6.32. The fraction of sp³-hybridized carbons (Fsp3) is 0.0833. The number of nitrogens with zero attached hydrogens (tertiary/aromatic N) is 2. The van der Waals surface area contributed by atoms with E-state index in [0.717, 1.165) is 5.56 Å². The highest BCUT2D eigenvalue weighted by Gasteiger charge is 2.49. The number of β-lactam (4-membered cyclic amide) rings is 1. The fourth-order valence-electron chi connectivity index (χ4n) is 3.76. The number of carbonyl (C=O) groups is 1.